The standard InChI is InChI=1S/C17H24F3N3OS/c1-3-21-9-13-12(2)14(10-22-7-4-5-15(22)24)25-16(13)23(11-21)8-6-17(18,19)20/h3-11H2,1-2H3. The largest absolute Gasteiger partial charge is 0.390 e. The number of nitrogens with zero attached hydrogens (tertiary/aromatic N) is 3. The molecule has 0 aromatic carbocycles. The molecule has 0 atom stereocenters. The van der Waals surface area contributed by atoms with Gasteiger partial charge in [0, 0.05) is 36.5 Å². The molecule has 8 heteroatoms. The van der Waals surface area contributed by atoms with E-state index < -0.39 is 12.6 Å². The van der Waals surface area contributed by atoms with E-state index in [4.69, 9.17) is 0 Å². The average Bonchev–Trinajstić information content (AvgIpc) is 3.09. The number of carbonyl (C=O) groups is 1. The molecule has 4 nitrogen and oxygen atoms in total. The minimum Gasteiger partial charge on any atom is -0.350 e. The van der Waals surface area contributed by atoms with Gasteiger partial charge in [-0.05, 0) is 25.5 Å². The van der Waals surface area contributed by atoms with E-state index in [-0.39, 0.29) is 12.5 Å². The predicted molar refractivity (Wildman–Crippen MR) is 92.7 cm³/mol. The summed E-state index contributed by atoms with van der Waals surface area (Å²) in [4.78, 5) is 18.9. The Bertz CT molecular complexity index is 644. The van der Waals surface area contributed by atoms with E-state index in [2.05, 4.69) is 4.90 Å². The molecule has 0 bridgehead atoms. The lowest BCUT2D eigenvalue weighted by atomic mass is 10.1. The summed E-state index contributed by atoms with van der Waals surface area (Å²) in [5.41, 5.74) is 2.26. The van der Waals surface area contributed by atoms with Crippen molar-refractivity contribution in [3.8, 4) is 0 Å². The molecule has 0 radical (unpaired) electrons. The number of thiophene rings is 1. The highest BCUT2D eigenvalue weighted by atomic mass is 32.1. The third-order valence-corrected chi connectivity index (χ3v) is 6.39. The normalized spacial score (nSPS) is 19.0. The fraction of sp³-hybridized carbons (Fsp3) is 0.706. The molecule has 3 rings (SSSR count). The van der Waals surface area contributed by atoms with E-state index in [9.17, 15) is 18.0 Å². The predicted octanol–water partition coefficient (Wildman–Crippen LogP) is 3.73. The Morgan fingerprint density at radius 2 is 2.00 bits per heavy atom. The van der Waals surface area contributed by atoms with Crippen molar-refractivity contribution in [2.24, 2.45) is 0 Å². The maximum Gasteiger partial charge on any atom is 0.390 e. The number of anilines is 1. The van der Waals surface area contributed by atoms with E-state index in [1.54, 1.807) is 11.3 Å². The fourth-order valence-corrected chi connectivity index (χ4v) is 4.79. The van der Waals surface area contributed by atoms with Gasteiger partial charge in [0.1, 0.15) is 0 Å². The van der Waals surface area contributed by atoms with Crippen LogP contribution >= 0.6 is 11.3 Å². The Morgan fingerprint density at radius 3 is 2.60 bits per heavy atom. The lowest BCUT2D eigenvalue weighted by molar-refractivity contribution is -0.132. The number of likely N-dealkylation sites (tertiary alicyclic amines) is 1. The van der Waals surface area contributed by atoms with Crippen molar-refractivity contribution in [2.45, 2.75) is 52.4 Å². The molecule has 0 unspecified atom stereocenters. The first-order valence-corrected chi connectivity index (χ1v) is 9.53. The molecular formula is C17H24F3N3OS. The van der Waals surface area contributed by atoms with E-state index in [0.29, 0.717) is 19.6 Å². The fourth-order valence-electron chi connectivity index (χ4n) is 3.45. The van der Waals surface area contributed by atoms with Crippen LogP contribution in [0.15, 0.2) is 0 Å². The Balaban J connectivity index is 1.83. The van der Waals surface area contributed by atoms with Gasteiger partial charge in [0.25, 0.3) is 0 Å². The molecule has 1 aromatic rings. The van der Waals surface area contributed by atoms with Crippen molar-refractivity contribution in [2.75, 3.05) is 31.2 Å². The zero-order valence-corrected chi connectivity index (χ0v) is 15.5. The van der Waals surface area contributed by atoms with Crippen LogP contribution in [0.4, 0.5) is 18.2 Å². The van der Waals surface area contributed by atoms with E-state index in [1.807, 2.05) is 23.6 Å². The Morgan fingerprint density at radius 1 is 1.24 bits per heavy atom. The van der Waals surface area contributed by atoms with Gasteiger partial charge in [0.05, 0.1) is 24.6 Å². The Hall–Kier alpha value is -1.28. The van der Waals surface area contributed by atoms with Crippen LogP contribution in [0.3, 0.4) is 0 Å². The molecule has 1 aromatic heterocycles. The van der Waals surface area contributed by atoms with Crippen molar-refractivity contribution in [3.63, 3.8) is 0 Å². The highest BCUT2D eigenvalue weighted by molar-refractivity contribution is 7.16. The molecule has 2 aliphatic rings. The van der Waals surface area contributed by atoms with Gasteiger partial charge < -0.3 is 9.80 Å². The zero-order chi connectivity index (χ0) is 18.2. The SMILES string of the molecule is CCN1Cc2c(sc(CN3CCCC3=O)c2C)N(CCC(F)(F)F)C1. The van der Waals surface area contributed by atoms with Gasteiger partial charge in [-0.15, -0.1) is 11.3 Å². The average molecular weight is 375 g/mol. The number of carbonyl (C=O) groups excluding carboxylic acids is 1. The van der Waals surface area contributed by atoms with Gasteiger partial charge >= 0.3 is 6.18 Å². The van der Waals surface area contributed by atoms with E-state index in [0.717, 1.165) is 47.1 Å². The summed E-state index contributed by atoms with van der Waals surface area (Å²) in [6.07, 6.45) is -3.46. The van der Waals surface area contributed by atoms with Gasteiger partial charge in [-0.3, -0.25) is 9.69 Å². The minimum absolute atomic E-state index is 0.0188. The third-order valence-electron chi connectivity index (χ3n) is 5.01. The number of rotatable bonds is 5. The second-order valence-corrected chi connectivity index (χ2v) is 7.85. The molecule has 1 amide bonds. The minimum atomic E-state index is -4.15. The molecule has 3 heterocycles. The smallest absolute Gasteiger partial charge is 0.350 e. The van der Waals surface area contributed by atoms with Gasteiger partial charge in [-0.1, -0.05) is 6.92 Å². The number of hydrogen-bond acceptors (Lipinski definition) is 4. The van der Waals surface area contributed by atoms with Crippen LogP contribution in [-0.4, -0.2) is 48.2 Å². The first kappa shape index (κ1) is 18.5. The second-order valence-electron chi connectivity index (χ2n) is 6.77. The van der Waals surface area contributed by atoms with Gasteiger partial charge in [0.15, 0.2) is 0 Å². The van der Waals surface area contributed by atoms with E-state index in [1.165, 1.54) is 0 Å². The number of amides is 1. The van der Waals surface area contributed by atoms with Crippen LogP contribution in [0, 0.1) is 6.92 Å². The number of halogens is 3. The summed E-state index contributed by atoms with van der Waals surface area (Å²) in [6, 6.07) is 0. The quantitative estimate of drug-likeness (QED) is 0.785. The molecule has 25 heavy (non-hydrogen) atoms. The first-order valence-electron chi connectivity index (χ1n) is 8.71. The summed E-state index contributed by atoms with van der Waals surface area (Å²) in [5, 5.41) is 0.952. The number of fused-ring (bicyclic) bond motifs is 1. The van der Waals surface area contributed by atoms with Crippen molar-refractivity contribution < 1.29 is 18.0 Å². The van der Waals surface area contributed by atoms with Gasteiger partial charge in [-0.25, -0.2) is 0 Å². The number of hydrogen-bond donors (Lipinski definition) is 0. The number of alkyl halides is 3. The molecule has 2 aliphatic heterocycles. The summed E-state index contributed by atoms with van der Waals surface area (Å²) >= 11 is 1.56. The third kappa shape index (κ3) is 4.11. The molecular weight excluding hydrogens is 351 g/mol. The summed E-state index contributed by atoms with van der Waals surface area (Å²) in [7, 11) is 0. The maximum absolute atomic E-state index is 12.7. The monoisotopic (exact) mass is 375 g/mol. The molecule has 0 spiro atoms. The van der Waals surface area contributed by atoms with Gasteiger partial charge in [-0.2, -0.15) is 13.2 Å². The molecule has 140 valence electrons. The topological polar surface area (TPSA) is 26.8 Å². The first-order chi connectivity index (χ1) is 11.8. The highest BCUT2D eigenvalue weighted by Crippen LogP contribution is 2.41. The van der Waals surface area contributed by atoms with Crippen LogP contribution < -0.4 is 4.90 Å². The summed E-state index contributed by atoms with van der Waals surface area (Å²) in [6.45, 7) is 7.50. The molecule has 0 saturated carbocycles. The van der Waals surface area contributed by atoms with E-state index >= 15 is 0 Å². The Kier molecular flexibility index (Phi) is 5.29. The van der Waals surface area contributed by atoms with Crippen LogP contribution in [-0.2, 0) is 17.9 Å². The lowest BCUT2D eigenvalue weighted by Gasteiger charge is -2.36. The van der Waals surface area contributed by atoms with Crippen LogP contribution in [0.25, 0.3) is 0 Å². The second kappa shape index (κ2) is 7.15. The Labute approximate surface area is 150 Å². The van der Waals surface area contributed by atoms with Crippen molar-refractivity contribution in [1.29, 1.82) is 0 Å². The van der Waals surface area contributed by atoms with Gasteiger partial charge in [0.2, 0.25) is 5.91 Å². The lowest BCUT2D eigenvalue weighted by Crippen LogP contribution is -2.43. The molecule has 0 N–H and O–H groups in total. The van der Waals surface area contributed by atoms with Crippen LogP contribution in [0.5, 0.6) is 0 Å². The van der Waals surface area contributed by atoms with Crippen molar-refractivity contribution >= 4 is 22.2 Å². The highest BCUT2D eigenvalue weighted by Gasteiger charge is 2.32. The van der Waals surface area contributed by atoms with Crippen molar-refractivity contribution in [3.05, 3.63) is 16.0 Å². The van der Waals surface area contributed by atoms with Crippen LogP contribution in [0.2, 0.25) is 0 Å². The van der Waals surface area contributed by atoms with Crippen LogP contribution in [0.1, 0.15) is 42.2 Å². The molecule has 0 aliphatic carbocycles. The molecule has 1 saturated heterocycles. The molecule has 1 fully saturated rings. The summed E-state index contributed by atoms with van der Waals surface area (Å²) in [5.74, 6) is 0.176. The van der Waals surface area contributed by atoms with Crippen molar-refractivity contribution in [1.82, 2.24) is 9.80 Å². The zero-order valence-electron chi connectivity index (χ0n) is 14.7. The maximum atomic E-state index is 12.7. The summed E-state index contributed by atoms with van der Waals surface area (Å²) < 4.78 is 38.0.